The molecule has 0 unspecified atom stereocenters. The van der Waals surface area contributed by atoms with Crippen molar-refractivity contribution in [2.75, 3.05) is 31.1 Å². The highest BCUT2D eigenvalue weighted by Gasteiger charge is 2.12. The van der Waals surface area contributed by atoms with Crippen molar-refractivity contribution in [1.82, 2.24) is 10.6 Å². The first-order valence-corrected chi connectivity index (χ1v) is 7.46. The number of hydrogen-bond acceptors (Lipinski definition) is 3. The molecule has 1 rings (SSSR count). The summed E-state index contributed by atoms with van der Waals surface area (Å²) in [5.41, 5.74) is 0. The van der Waals surface area contributed by atoms with Crippen LogP contribution in [-0.4, -0.2) is 37.2 Å². The molecule has 0 aromatic rings. The van der Waals surface area contributed by atoms with Crippen molar-refractivity contribution >= 4 is 11.8 Å². The minimum absolute atomic E-state index is 0.613. The van der Waals surface area contributed by atoms with E-state index in [9.17, 15) is 0 Å². The van der Waals surface area contributed by atoms with Gasteiger partial charge in [-0.2, -0.15) is 11.8 Å². The van der Waals surface area contributed by atoms with Crippen molar-refractivity contribution in [1.29, 1.82) is 0 Å². The van der Waals surface area contributed by atoms with Gasteiger partial charge >= 0.3 is 0 Å². The van der Waals surface area contributed by atoms with Crippen molar-refractivity contribution in [2.24, 2.45) is 5.92 Å². The lowest BCUT2D eigenvalue weighted by atomic mass is 9.99. The van der Waals surface area contributed by atoms with Gasteiger partial charge in [0.05, 0.1) is 0 Å². The number of nitrogens with one attached hydrogen (secondary N) is 2. The number of rotatable bonds is 7. The first-order chi connectivity index (χ1) is 7.29. The molecule has 1 saturated heterocycles. The summed E-state index contributed by atoms with van der Waals surface area (Å²) < 4.78 is 0. The fourth-order valence-corrected chi connectivity index (χ4v) is 3.12. The lowest BCUT2D eigenvalue weighted by Crippen LogP contribution is -2.32. The van der Waals surface area contributed by atoms with Crippen molar-refractivity contribution in [3.8, 4) is 0 Å². The quantitative estimate of drug-likeness (QED) is 0.655. The third-order valence-electron chi connectivity index (χ3n) is 2.92. The van der Waals surface area contributed by atoms with Gasteiger partial charge in [0.2, 0.25) is 0 Å². The molecule has 0 saturated carbocycles. The Kier molecular flexibility index (Phi) is 7.49. The molecule has 0 aromatic carbocycles. The number of thioether (sulfide) groups is 1. The third kappa shape index (κ3) is 7.20. The van der Waals surface area contributed by atoms with Crippen LogP contribution < -0.4 is 10.6 Å². The zero-order chi connectivity index (χ0) is 10.9. The predicted octanol–water partition coefficient (Wildman–Crippen LogP) is 2.11. The normalized spacial score (nSPS) is 18.6. The highest BCUT2D eigenvalue weighted by atomic mass is 32.2. The average molecular weight is 230 g/mol. The Labute approximate surface area is 99.0 Å². The Balaban J connectivity index is 1.83. The maximum atomic E-state index is 3.52. The van der Waals surface area contributed by atoms with Crippen LogP contribution in [0.4, 0.5) is 0 Å². The van der Waals surface area contributed by atoms with Crippen LogP contribution in [0, 0.1) is 5.92 Å². The van der Waals surface area contributed by atoms with E-state index >= 15 is 0 Å². The first kappa shape index (κ1) is 13.3. The lowest BCUT2D eigenvalue weighted by molar-refractivity contribution is 0.434. The van der Waals surface area contributed by atoms with Crippen LogP contribution in [0.15, 0.2) is 0 Å². The lowest BCUT2D eigenvalue weighted by Gasteiger charge is -2.21. The van der Waals surface area contributed by atoms with E-state index in [2.05, 4.69) is 36.2 Å². The molecule has 0 radical (unpaired) electrons. The minimum atomic E-state index is 0.613. The molecule has 3 heteroatoms. The van der Waals surface area contributed by atoms with Gasteiger partial charge < -0.3 is 10.6 Å². The zero-order valence-corrected chi connectivity index (χ0v) is 11.0. The highest BCUT2D eigenvalue weighted by molar-refractivity contribution is 7.99. The molecule has 0 atom stereocenters. The summed E-state index contributed by atoms with van der Waals surface area (Å²) in [6.07, 6.45) is 4.26. The fraction of sp³-hybridized carbons (Fsp3) is 1.00. The van der Waals surface area contributed by atoms with E-state index in [1.807, 2.05) is 0 Å². The fourth-order valence-electron chi connectivity index (χ4n) is 1.92. The highest BCUT2D eigenvalue weighted by Crippen LogP contribution is 2.24. The van der Waals surface area contributed by atoms with E-state index in [-0.39, 0.29) is 0 Å². The van der Waals surface area contributed by atoms with Crippen LogP contribution in [0.3, 0.4) is 0 Å². The Morgan fingerprint density at radius 2 is 1.87 bits per heavy atom. The minimum Gasteiger partial charge on any atom is -0.315 e. The van der Waals surface area contributed by atoms with Crippen molar-refractivity contribution in [3.63, 3.8) is 0 Å². The molecule has 1 aliphatic heterocycles. The predicted molar refractivity (Wildman–Crippen MR) is 70.7 cm³/mol. The topological polar surface area (TPSA) is 24.1 Å². The Morgan fingerprint density at radius 3 is 2.53 bits per heavy atom. The smallest absolute Gasteiger partial charge is 0.00790 e. The van der Waals surface area contributed by atoms with E-state index in [0.29, 0.717) is 6.04 Å². The molecule has 0 spiro atoms. The maximum Gasteiger partial charge on any atom is 0.00790 e. The monoisotopic (exact) mass is 230 g/mol. The van der Waals surface area contributed by atoms with Crippen molar-refractivity contribution in [2.45, 2.75) is 39.2 Å². The van der Waals surface area contributed by atoms with Crippen molar-refractivity contribution < 1.29 is 0 Å². The van der Waals surface area contributed by atoms with Crippen LogP contribution in [0.1, 0.15) is 33.1 Å². The second-order valence-electron chi connectivity index (χ2n) is 4.70. The molecule has 90 valence electrons. The zero-order valence-electron chi connectivity index (χ0n) is 10.2. The number of hydrogen-bond donors (Lipinski definition) is 2. The molecule has 0 amide bonds. The van der Waals surface area contributed by atoms with Crippen LogP contribution in [0.2, 0.25) is 0 Å². The summed E-state index contributed by atoms with van der Waals surface area (Å²) >= 11 is 2.12. The third-order valence-corrected chi connectivity index (χ3v) is 3.97. The Hall–Kier alpha value is 0.270. The SMILES string of the molecule is CC(C)NCCNCCC1CCSCC1. The molecule has 1 heterocycles. The molecular formula is C12H26N2S. The second kappa shape index (κ2) is 8.43. The van der Waals surface area contributed by atoms with E-state index in [1.54, 1.807) is 0 Å². The van der Waals surface area contributed by atoms with E-state index in [0.717, 1.165) is 19.0 Å². The molecule has 2 N–H and O–H groups in total. The molecule has 1 aliphatic rings. The second-order valence-corrected chi connectivity index (χ2v) is 5.93. The summed E-state index contributed by atoms with van der Waals surface area (Å²) in [5, 5.41) is 6.94. The molecule has 0 aromatic heterocycles. The van der Waals surface area contributed by atoms with Crippen LogP contribution >= 0.6 is 11.8 Å². The van der Waals surface area contributed by atoms with Gasteiger partial charge in [-0.25, -0.2) is 0 Å². The Bertz CT molecular complexity index is 145. The summed E-state index contributed by atoms with van der Waals surface area (Å²) in [6, 6.07) is 0.613. The first-order valence-electron chi connectivity index (χ1n) is 6.31. The molecular weight excluding hydrogens is 204 g/mol. The van der Waals surface area contributed by atoms with Gasteiger partial charge in [0.25, 0.3) is 0 Å². The van der Waals surface area contributed by atoms with E-state index in [1.165, 1.54) is 37.3 Å². The summed E-state index contributed by atoms with van der Waals surface area (Å²) in [4.78, 5) is 0. The molecule has 0 aliphatic carbocycles. The van der Waals surface area contributed by atoms with E-state index < -0.39 is 0 Å². The van der Waals surface area contributed by atoms with Gasteiger partial charge in [-0.05, 0) is 43.2 Å². The maximum absolute atomic E-state index is 3.52. The summed E-state index contributed by atoms with van der Waals surface area (Å²) in [6.45, 7) is 7.80. The summed E-state index contributed by atoms with van der Waals surface area (Å²) in [7, 11) is 0. The van der Waals surface area contributed by atoms with Gasteiger partial charge in [0.15, 0.2) is 0 Å². The van der Waals surface area contributed by atoms with Gasteiger partial charge in [-0.3, -0.25) is 0 Å². The van der Waals surface area contributed by atoms with Crippen LogP contribution in [0.25, 0.3) is 0 Å². The van der Waals surface area contributed by atoms with Gasteiger partial charge in [-0.15, -0.1) is 0 Å². The Morgan fingerprint density at radius 1 is 1.13 bits per heavy atom. The van der Waals surface area contributed by atoms with Crippen LogP contribution in [0.5, 0.6) is 0 Å². The summed E-state index contributed by atoms with van der Waals surface area (Å²) in [5.74, 6) is 3.77. The average Bonchev–Trinajstić information content (AvgIpc) is 2.24. The van der Waals surface area contributed by atoms with Gasteiger partial charge in [-0.1, -0.05) is 13.8 Å². The standard InChI is InChI=1S/C12H26N2S/c1-11(2)14-8-7-13-6-3-12-4-9-15-10-5-12/h11-14H,3-10H2,1-2H3. The van der Waals surface area contributed by atoms with E-state index in [4.69, 9.17) is 0 Å². The largest absolute Gasteiger partial charge is 0.315 e. The van der Waals surface area contributed by atoms with Crippen molar-refractivity contribution in [3.05, 3.63) is 0 Å². The molecule has 0 bridgehead atoms. The van der Waals surface area contributed by atoms with Gasteiger partial charge in [0, 0.05) is 19.1 Å². The van der Waals surface area contributed by atoms with Crippen LogP contribution in [-0.2, 0) is 0 Å². The molecule has 2 nitrogen and oxygen atoms in total. The molecule has 1 fully saturated rings. The van der Waals surface area contributed by atoms with Gasteiger partial charge in [0.1, 0.15) is 0 Å². The molecule has 15 heavy (non-hydrogen) atoms.